The normalized spacial score (nSPS) is 16.2. The van der Waals surface area contributed by atoms with Crippen molar-refractivity contribution in [2.45, 2.75) is 38.6 Å². The van der Waals surface area contributed by atoms with E-state index in [1.54, 1.807) is 12.4 Å². The molecule has 3 heterocycles. The van der Waals surface area contributed by atoms with E-state index in [0.717, 1.165) is 47.1 Å². The summed E-state index contributed by atoms with van der Waals surface area (Å²) in [5, 5.41) is 7.84. The molecule has 1 saturated carbocycles. The number of hydrogen-bond acceptors (Lipinski definition) is 5. The molecule has 0 atom stereocenters. The fraction of sp³-hybridized carbons (Fsp3) is 0.370. The second-order valence-electron chi connectivity index (χ2n) is 8.93. The highest BCUT2D eigenvalue weighted by molar-refractivity contribution is 5.99. The number of pyridine rings is 2. The van der Waals surface area contributed by atoms with Gasteiger partial charge in [-0.15, -0.1) is 0 Å². The zero-order valence-corrected chi connectivity index (χ0v) is 19.0. The SMILES string of the molecule is CNc1ncc(C#Cc2ccc(CN3CCCCC3)cc2)c2cc(NC(=O)C3CC3)ncc12. The third-order valence-electron chi connectivity index (χ3n) is 6.36. The smallest absolute Gasteiger partial charge is 0.228 e. The van der Waals surface area contributed by atoms with E-state index in [1.807, 2.05) is 13.1 Å². The molecule has 1 aliphatic carbocycles. The Morgan fingerprint density at radius 2 is 1.82 bits per heavy atom. The Kier molecular flexibility index (Phi) is 6.23. The van der Waals surface area contributed by atoms with Crippen molar-refractivity contribution in [1.29, 1.82) is 0 Å². The van der Waals surface area contributed by atoms with Gasteiger partial charge in [-0.1, -0.05) is 30.4 Å². The minimum absolute atomic E-state index is 0.0435. The van der Waals surface area contributed by atoms with Gasteiger partial charge in [-0.05, 0) is 62.5 Å². The van der Waals surface area contributed by atoms with Crippen LogP contribution in [-0.4, -0.2) is 40.9 Å². The number of aromatic nitrogens is 2. The molecule has 0 radical (unpaired) electrons. The van der Waals surface area contributed by atoms with E-state index >= 15 is 0 Å². The minimum atomic E-state index is 0.0435. The van der Waals surface area contributed by atoms with Crippen molar-refractivity contribution >= 4 is 28.3 Å². The molecule has 2 fully saturated rings. The number of amides is 1. The van der Waals surface area contributed by atoms with Crippen LogP contribution in [-0.2, 0) is 11.3 Å². The molecule has 1 amide bonds. The second-order valence-corrected chi connectivity index (χ2v) is 8.93. The van der Waals surface area contributed by atoms with Crippen molar-refractivity contribution in [1.82, 2.24) is 14.9 Å². The minimum Gasteiger partial charge on any atom is -0.373 e. The quantitative estimate of drug-likeness (QED) is 0.577. The molecule has 6 nitrogen and oxygen atoms in total. The van der Waals surface area contributed by atoms with Crippen LogP contribution in [0.1, 0.15) is 48.8 Å². The van der Waals surface area contributed by atoms with Crippen LogP contribution in [0, 0.1) is 17.8 Å². The molecule has 2 aliphatic rings. The number of fused-ring (bicyclic) bond motifs is 1. The maximum Gasteiger partial charge on any atom is 0.228 e. The molecule has 2 aromatic heterocycles. The molecule has 0 spiro atoms. The molecular weight excluding hydrogens is 410 g/mol. The molecular formula is C27H29N5O. The molecule has 5 rings (SSSR count). The lowest BCUT2D eigenvalue weighted by Crippen LogP contribution is -2.29. The second kappa shape index (κ2) is 9.60. The van der Waals surface area contributed by atoms with Crippen molar-refractivity contribution in [2.24, 2.45) is 5.92 Å². The van der Waals surface area contributed by atoms with E-state index in [2.05, 4.69) is 61.6 Å². The Balaban J connectivity index is 1.38. The van der Waals surface area contributed by atoms with Crippen LogP contribution in [0.4, 0.5) is 11.6 Å². The third-order valence-corrected chi connectivity index (χ3v) is 6.36. The summed E-state index contributed by atoms with van der Waals surface area (Å²) < 4.78 is 0. The summed E-state index contributed by atoms with van der Waals surface area (Å²) in [6, 6.07) is 10.4. The predicted molar refractivity (Wildman–Crippen MR) is 132 cm³/mol. The molecule has 0 bridgehead atoms. The van der Waals surface area contributed by atoms with Gasteiger partial charge in [0, 0.05) is 48.2 Å². The van der Waals surface area contributed by atoms with Crippen LogP contribution in [0.15, 0.2) is 42.7 Å². The summed E-state index contributed by atoms with van der Waals surface area (Å²) in [5.74, 6) is 8.03. The predicted octanol–water partition coefficient (Wildman–Crippen LogP) is 4.41. The highest BCUT2D eigenvalue weighted by Crippen LogP contribution is 2.31. The van der Waals surface area contributed by atoms with Gasteiger partial charge < -0.3 is 10.6 Å². The van der Waals surface area contributed by atoms with E-state index in [9.17, 15) is 4.79 Å². The number of hydrogen-bond donors (Lipinski definition) is 2. The Morgan fingerprint density at radius 1 is 1.03 bits per heavy atom. The summed E-state index contributed by atoms with van der Waals surface area (Å²) in [6.07, 6.45) is 9.41. The maximum absolute atomic E-state index is 12.2. The summed E-state index contributed by atoms with van der Waals surface area (Å²) >= 11 is 0. The molecule has 1 aliphatic heterocycles. The van der Waals surface area contributed by atoms with Crippen LogP contribution in [0.2, 0.25) is 0 Å². The molecule has 168 valence electrons. The number of nitrogens with zero attached hydrogens (tertiary/aromatic N) is 3. The summed E-state index contributed by atoms with van der Waals surface area (Å²) in [5.41, 5.74) is 3.11. The number of piperidine rings is 1. The fourth-order valence-corrected chi connectivity index (χ4v) is 4.28. The number of anilines is 2. The lowest BCUT2D eigenvalue weighted by molar-refractivity contribution is -0.117. The average molecular weight is 440 g/mol. The van der Waals surface area contributed by atoms with Crippen molar-refractivity contribution in [2.75, 3.05) is 30.8 Å². The van der Waals surface area contributed by atoms with Gasteiger partial charge in [0.25, 0.3) is 0 Å². The van der Waals surface area contributed by atoms with Crippen molar-refractivity contribution in [3.8, 4) is 11.8 Å². The lowest BCUT2D eigenvalue weighted by Gasteiger charge is -2.26. The summed E-state index contributed by atoms with van der Waals surface area (Å²) in [6.45, 7) is 3.40. The van der Waals surface area contributed by atoms with Crippen molar-refractivity contribution in [3.05, 3.63) is 59.4 Å². The average Bonchev–Trinajstić information content (AvgIpc) is 3.70. The monoisotopic (exact) mass is 439 g/mol. The van der Waals surface area contributed by atoms with Crippen LogP contribution in [0.3, 0.4) is 0 Å². The van der Waals surface area contributed by atoms with Gasteiger partial charge in [-0.25, -0.2) is 9.97 Å². The molecule has 1 aromatic carbocycles. The Morgan fingerprint density at radius 3 is 2.55 bits per heavy atom. The number of nitrogens with one attached hydrogen (secondary N) is 2. The van der Waals surface area contributed by atoms with Gasteiger partial charge >= 0.3 is 0 Å². The molecule has 3 aromatic rings. The first-order valence-electron chi connectivity index (χ1n) is 11.8. The van der Waals surface area contributed by atoms with Gasteiger partial charge in [0.2, 0.25) is 5.91 Å². The van der Waals surface area contributed by atoms with Gasteiger partial charge in [0.05, 0.1) is 5.56 Å². The van der Waals surface area contributed by atoms with Gasteiger partial charge in [-0.2, -0.15) is 0 Å². The van der Waals surface area contributed by atoms with Crippen molar-refractivity contribution in [3.63, 3.8) is 0 Å². The molecule has 6 heteroatoms. The van der Waals surface area contributed by atoms with Crippen LogP contribution in [0.25, 0.3) is 10.8 Å². The van der Waals surface area contributed by atoms with Crippen molar-refractivity contribution < 1.29 is 4.79 Å². The summed E-state index contributed by atoms with van der Waals surface area (Å²) in [4.78, 5) is 23.6. The largest absolute Gasteiger partial charge is 0.373 e. The Bertz CT molecular complexity index is 1210. The molecule has 0 unspecified atom stereocenters. The van der Waals surface area contributed by atoms with E-state index in [0.29, 0.717) is 5.82 Å². The first kappa shape index (κ1) is 21.4. The third kappa shape index (κ3) is 5.15. The van der Waals surface area contributed by atoms with E-state index < -0.39 is 0 Å². The fourth-order valence-electron chi connectivity index (χ4n) is 4.28. The van der Waals surface area contributed by atoms with E-state index in [4.69, 9.17) is 0 Å². The number of likely N-dealkylation sites (tertiary alicyclic amines) is 1. The highest BCUT2D eigenvalue weighted by Gasteiger charge is 2.29. The number of rotatable bonds is 5. The van der Waals surface area contributed by atoms with Gasteiger partial charge in [0.1, 0.15) is 11.6 Å². The summed E-state index contributed by atoms with van der Waals surface area (Å²) in [7, 11) is 1.83. The zero-order chi connectivity index (χ0) is 22.6. The highest BCUT2D eigenvalue weighted by atomic mass is 16.2. The first-order valence-corrected chi connectivity index (χ1v) is 11.8. The van der Waals surface area contributed by atoms with Gasteiger partial charge in [0.15, 0.2) is 0 Å². The maximum atomic E-state index is 12.2. The molecule has 1 saturated heterocycles. The first-order chi connectivity index (χ1) is 16.2. The van der Waals surface area contributed by atoms with Gasteiger partial charge in [-0.3, -0.25) is 9.69 Å². The zero-order valence-electron chi connectivity index (χ0n) is 19.0. The lowest BCUT2D eigenvalue weighted by atomic mass is 10.1. The number of carbonyl (C=O) groups is 1. The number of carbonyl (C=O) groups excluding carboxylic acids is 1. The Labute approximate surface area is 194 Å². The number of benzene rings is 1. The van der Waals surface area contributed by atoms with Crippen LogP contribution < -0.4 is 10.6 Å². The standard InChI is InChI=1S/C27H29N5O/c1-28-26-24-17-29-25(31-27(33)21-11-12-21)15-23(24)22(16-30-26)10-9-19-5-7-20(8-6-19)18-32-13-3-2-4-14-32/h5-8,15-17,21H,2-4,11-14,18H2,1H3,(H,28,30)(H,29,31,33). The van der Waals surface area contributed by atoms with E-state index in [1.165, 1.54) is 37.9 Å². The topological polar surface area (TPSA) is 70.2 Å². The van der Waals surface area contributed by atoms with E-state index in [-0.39, 0.29) is 11.8 Å². The van der Waals surface area contributed by atoms with Crippen LogP contribution in [0.5, 0.6) is 0 Å². The van der Waals surface area contributed by atoms with Crippen LogP contribution >= 0.6 is 0 Å². The molecule has 2 N–H and O–H groups in total. The molecule has 33 heavy (non-hydrogen) atoms. The Hall–Kier alpha value is -3.43.